The lowest BCUT2D eigenvalue weighted by atomic mass is 9.96. The van der Waals surface area contributed by atoms with Crippen LogP contribution in [0.25, 0.3) is 0 Å². The summed E-state index contributed by atoms with van der Waals surface area (Å²) < 4.78 is 0. The van der Waals surface area contributed by atoms with E-state index in [1.807, 2.05) is 17.0 Å². The first-order valence-electron chi connectivity index (χ1n) is 11.4. The van der Waals surface area contributed by atoms with E-state index in [0.717, 1.165) is 43.8 Å². The zero-order valence-corrected chi connectivity index (χ0v) is 18.5. The van der Waals surface area contributed by atoms with E-state index in [2.05, 4.69) is 17.2 Å². The number of carbonyl (C=O) groups is 2. The van der Waals surface area contributed by atoms with Gasteiger partial charge < -0.3 is 10.2 Å². The van der Waals surface area contributed by atoms with Gasteiger partial charge in [-0.05, 0) is 44.2 Å². The van der Waals surface area contributed by atoms with Gasteiger partial charge in [0.1, 0.15) is 5.03 Å². The maximum Gasteiger partial charge on any atom is 0.256 e. The number of thioether (sulfide) groups is 1. The number of hydrogen-bond donors (Lipinski definition) is 1. The molecule has 2 aliphatic rings. The van der Waals surface area contributed by atoms with E-state index in [9.17, 15) is 9.59 Å². The normalized spacial score (nSPS) is 20.0. The number of nitrogens with one attached hydrogen (secondary N) is 1. The van der Waals surface area contributed by atoms with Crippen LogP contribution in [0, 0.1) is 5.92 Å². The van der Waals surface area contributed by atoms with Crippen LogP contribution in [0.2, 0.25) is 0 Å². The van der Waals surface area contributed by atoms with E-state index in [4.69, 9.17) is 0 Å². The van der Waals surface area contributed by atoms with Crippen molar-refractivity contribution in [2.45, 2.75) is 81.4 Å². The summed E-state index contributed by atoms with van der Waals surface area (Å²) in [5.41, 5.74) is 0.699. The van der Waals surface area contributed by atoms with Gasteiger partial charge in [-0.1, -0.05) is 39.0 Å². The van der Waals surface area contributed by atoms with Gasteiger partial charge in [-0.15, -0.1) is 11.8 Å². The minimum absolute atomic E-state index is 0.0269. The summed E-state index contributed by atoms with van der Waals surface area (Å²) in [6, 6.07) is 3.74. The number of unbranched alkanes of at least 4 members (excludes halogenated alkanes) is 3. The molecule has 0 bridgehead atoms. The predicted molar refractivity (Wildman–Crippen MR) is 118 cm³/mol. The molecule has 2 amide bonds. The fourth-order valence-corrected chi connectivity index (χ4v) is 5.55. The minimum Gasteiger partial charge on any atom is -0.356 e. The van der Waals surface area contributed by atoms with Gasteiger partial charge in [0, 0.05) is 31.1 Å². The van der Waals surface area contributed by atoms with E-state index in [1.54, 1.807) is 18.0 Å². The van der Waals surface area contributed by atoms with Crippen molar-refractivity contribution in [2.75, 3.05) is 19.6 Å². The molecule has 1 N–H and O–H groups in total. The van der Waals surface area contributed by atoms with Crippen molar-refractivity contribution in [2.24, 2.45) is 5.92 Å². The summed E-state index contributed by atoms with van der Waals surface area (Å²) in [6.45, 7) is 4.17. The molecule has 1 aliphatic carbocycles. The van der Waals surface area contributed by atoms with Crippen LogP contribution in [0.4, 0.5) is 0 Å². The quantitative estimate of drug-likeness (QED) is 0.593. The Morgan fingerprint density at radius 1 is 1.17 bits per heavy atom. The van der Waals surface area contributed by atoms with Crippen LogP contribution in [0.5, 0.6) is 0 Å². The summed E-state index contributed by atoms with van der Waals surface area (Å²) in [6.07, 6.45) is 13.1. The number of hydrogen-bond acceptors (Lipinski definition) is 4. The standard InChI is InChI=1S/C23H35N3O2S/c1-2-3-4-7-14-24-21(27)18-10-9-16-26(17-18)23(28)20-13-8-15-25-22(20)29-19-11-5-6-12-19/h8,13,15,18-19H,2-7,9-12,14,16-17H2,1H3,(H,24,27). The Morgan fingerprint density at radius 3 is 2.79 bits per heavy atom. The first-order valence-corrected chi connectivity index (χ1v) is 12.3. The number of likely N-dealkylation sites (tertiary alicyclic amines) is 1. The largest absolute Gasteiger partial charge is 0.356 e. The van der Waals surface area contributed by atoms with Crippen LogP contribution in [-0.2, 0) is 4.79 Å². The van der Waals surface area contributed by atoms with Gasteiger partial charge in [-0.25, -0.2) is 4.98 Å². The number of piperidine rings is 1. The van der Waals surface area contributed by atoms with Crippen LogP contribution in [0.3, 0.4) is 0 Å². The number of nitrogens with zero attached hydrogens (tertiary/aromatic N) is 2. The highest BCUT2D eigenvalue weighted by atomic mass is 32.2. The summed E-state index contributed by atoms with van der Waals surface area (Å²) in [5.74, 6) is 0.0336. The second-order valence-corrected chi connectivity index (χ2v) is 9.61. The lowest BCUT2D eigenvalue weighted by molar-refractivity contribution is -0.126. The van der Waals surface area contributed by atoms with E-state index in [-0.39, 0.29) is 17.7 Å². The molecule has 3 rings (SSSR count). The number of rotatable bonds is 9. The van der Waals surface area contributed by atoms with E-state index >= 15 is 0 Å². The van der Waals surface area contributed by atoms with Crippen LogP contribution in [0.15, 0.2) is 23.4 Å². The number of amides is 2. The third kappa shape index (κ3) is 6.46. The van der Waals surface area contributed by atoms with Gasteiger partial charge >= 0.3 is 0 Å². The Morgan fingerprint density at radius 2 is 2.00 bits per heavy atom. The molecule has 1 saturated heterocycles. The molecule has 1 aromatic rings. The smallest absolute Gasteiger partial charge is 0.256 e. The topological polar surface area (TPSA) is 62.3 Å². The molecule has 1 aliphatic heterocycles. The van der Waals surface area contributed by atoms with Crippen molar-refractivity contribution in [1.82, 2.24) is 15.2 Å². The number of carbonyl (C=O) groups excluding carboxylic acids is 2. The zero-order valence-electron chi connectivity index (χ0n) is 17.7. The Kier molecular flexibility index (Phi) is 8.84. The van der Waals surface area contributed by atoms with Crippen molar-refractivity contribution < 1.29 is 9.59 Å². The zero-order chi connectivity index (χ0) is 20.5. The predicted octanol–water partition coefficient (Wildman–Crippen LogP) is 4.67. The highest BCUT2D eigenvalue weighted by Gasteiger charge is 2.30. The fraction of sp³-hybridized carbons (Fsp3) is 0.696. The molecule has 1 unspecified atom stereocenters. The maximum atomic E-state index is 13.2. The molecular weight excluding hydrogens is 382 g/mol. The molecule has 2 heterocycles. The Balaban J connectivity index is 1.56. The molecule has 160 valence electrons. The third-order valence-electron chi connectivity index (χ3n) is 5.99. The summed E-state index contributed by atoms with van der Waals surface area (Å²) in [7, 11) is 0. The van der Waals surface area contributed by atoms with Crippen molar-refractivity contribution in [3.8, 4) is 0 Å². The van der Waals surface area contributed by atoms with Crippen LogP contribution < -0.4 is 5.32 Å². The highest BCUT2D eigenvalue weighted by Crippen LogP contribution is 2.35. The molecule has 1 saturated carbocycles. The van der Waals surface area contributed by atoms with Gasteiger partial charge in [0.2, 0.25) is 5.91 Å². The van der Waals surface area contributed by atoms with Crippen molar-refractivity contribution in [3.05, 3.63) is 23.9 Å². The van der Waals surface area contributed by atoms with Crippen molar-refractivity contribution >= 4 is 23.6 Å². The average Bonchev–Trinajstić information content (AvgIpc) is 3.26. The van der Waals surface area contributed by atoms with Crippen LogP contribution >= 0.6 is 11.8 Å². The van der Waals surface area contributed by atoms with Gasteiger partial charge in [0.05, 0.1) is 11.5 Å². The van der Waals surface area contributed by atoms with Crippen molar-refractivity contribution in [1.29, 1.82) is 0 Å². The lowest BCUT2D eigenvalue weighted by Crippen LogP contribution is -2.45. The Bertz CT molecular complexity index is 676. The maximum absolute atomic E-state index is 13.2. The summed E-state index contributed by atoms with van der Waals surface area (Å²) in [4.78, 5) is 32.2. The molecule has 5 nitrogen and oxygen atoms in total. The second kappa shape index (κ2) is 11.6. The van der Waals surface area contributed by atoms with Gasteiger partial charge in [0.15, 0.2) is 0 Å². The SMILES string of the molecule is CCCCCCNC(=O)C1CCCN(C(=O)c2cccnc2SC2CCCC2)C1. The molecule has 0 aromatic carbocycles. The Hall–Kier alpha value is -1.56. The van der Waals surface area contributed by atoms with Gasteiger partial charge in [0.25, 0.3) is 5.91 Å². The van der Waals surface area contributed by atoms with Crippen LogP contribution in [-0.4, -0.2) is 46.6 Å². The first-order chi connectivity index (χ1) is 14.2. The van der Waals surface area contributed by atoms with Crippen molar-refractivity contribution in [3.63, 3.8) is 0 Å². The molecular formula is C23H35N3O2S. The van der Waals surface area contributed by atoms with E-state index in [0.29, 0.717) is 17.4 Å². The summed E-state index contributed by atoms with van der Waals surface area (Å²) >= 11 is 1.76. The summed E-state index contributed by atoms with van der Waals surface area (Å²) in [5, 5.41) is 4.50. The lowest BCUT2D eigenvalue weighted by Gasteiger charge is -2.32. The van der Waals surface area contributed by atoms with Gasteiger partial charge in [-0.3, -0.25) is 9.59 Å². The van der Waals surface area contributed by atoms with E-state index < -0.39 is 0 Å². The molecule has 6 heteroatoms. The monoisotopic (exact) mass is 417 g/mol. The molecule has 1 aromatic heterocycles. The molecule has 0 radical (unpaired) electrons. The average molecular weight is 418 g/mol. The first kappa shape index (κ1) is 22.1. The van der Waals surface area contributed by atoms with Crippen LogP contribution in [0.1, 0.15) is 81.5 Å². The molecule has 2 fully saturated rings. The van der Waals surface area contributed by atoms with Gasteiger partial charge in [-0.2, -0.15) is 0 Å². The van der Waals surface area contributed by atoms with E-state index in [1.165, 1.54) is 38.5 Å². The Labute approximate surface area is 179 Å². The number of pyridine rings is 1. The molecule has 1 atom stereocenters. The fourth-order valence-electron chi connectivity index (χ4n) is 4.27. The minimum atomic E-state index is -0.0959. The third-order valence-corrected chi connectivity index (χ3v) is 7.34. The number of aromatic nitrogens is 1. The molecule has 0 spiro atoms. The highest BCUT2D eigenvalue weighted by molar-refractivity contribution is 7.99. The molecule has 29 heavy (non-hydrogen) atoms. The second-order valence-electron chi connectivity index (χ2n) is 8.32.